The summed E-state index contributed by atoms with van der Waals surface area (Å²) in [7, 11) is 0. The van der Waals surface area contributed by atoms with Gasteiger partial charge in [-0.05, 0) is 13.3 Å². The third-order valence-electron chi connectivity index (χ3n) is 1.65. The van der Waals surface area contributed by atoms with Crippen molar-refractivity contribution in [1.29, 1.82) is 0 Å². The topological polar surface area (TPSA) is 77.8 Å². The molecule has 0 saturated carbocycles. The van der Waals surface area contributed by atoms with Gasteiger partial charge in [-0.1, -0.05) is 6.92 Å². The molecule has 0 rings (SSSR count). The van der Waals surface area contributed by atoms with Crippen LogP contribution < -0.4 is 0 Å². The number of aliphatic hydroxyl groups excluding tert-OH is 1. The highest BCUT2D eigenvalue weighted by Gasteiger charge is 2.30. The maximum atomic E-state index is 10.5. The maximum absolute atomic E-state index is 10.5. The fourth-order valence-electron chi connectivity index (χ4n) is 0.631. The summed E-state index contributed by atoms with van der Waals surface area (Å²) >= 11 is 1.35. The van der Waals surface area contributed by atoms with Crippen LogP contribution in [0.2, 0.25) is 0 Å². The molecule has 0 bridgehead atoms. The normalized spacial score (nSPS) is 17.8. The summed E-state index contributed by atoms with van der Waals surface area (Å²) in [6, 6.07) is 0. The number of carbonyl (C=O) groups is 1. The predicted molar refractivity (Wildman–Crippen MR) is 51.9 cm³/mol. The van der Waals surface area contributed by atoms with Crippen molar-refractivity contribution in [1.82, 2.24) is 0 Å². The zero-order valence-corrected chi connectivity index (χ0v) is 8.67. The minimum absolute atomic E-state index is 0.0867. The van der Waals surface area contributed by atoms with Gasteiger partial charge in [-0.3, -0.25) is 0 Å². The molecule has 0 aromatic rings. The summed E-state index contributed by atoms with van der Waals surface area (Å²) in [5, 5.41) is 26.6. The number of thioether (sulfide) groups is 1. The average molecular weight is 208 g/mol. The summed E-state index contributed by atoms with van der Waals surface area (Å²) in [6.45, 7) is 3.25. The number of carboxylic acid groups (broad SMARTS) is 1. The van der Waals surface area contributed by atoms with Gasteiger partial charge in [0.25, 0.3) is 0 Å². The molecule has 5 heteroatoms. The van der Waals surface area contributed by atoms with Gasteiger partial charge in [-0.2, -0.15) is 11.8 Å². The molecule has 2 unspecified atom stereocenters. The maximum Gasteiger partial charge on any atom is 0.336 e. The number of rotatable bonds is 6. The van der Waals surface area contributed by atoms with E-state index in [1.807, 2.05) is 6.92 Å². The van der Waals surface area contributed by atoms with Crippen LogP contribution in [0.15, 0.2) is 0 Å². The van der Waals surface area contributed by atoms with Crippen molar-refractivity contribution in [2.24, 2.45) is 0 Å². The van der Waals surface area contributed by atoms with Crippen molar-refractivity contribution in [2.45, 2.75) is 31.1 Å². The molecule has 0 aliphatic rings. The van der Waals surface area contributed by atoms with Gasteiger partial charge in [-0.15, -0.1) is 0 Å². The zero-order chi connectivity index (χ0) is 10.5. The first-order chi connectivity index (χ1) is 5.90. The van der Waals surface area contributed by atoms with Crippen LogP contribution in [0.1, 0.15) is 20.3 Å². The van der Waals surface area contributed by atoms with Crippen LogP contribution in [0.4, 0.5) is 0 Å². The fourth-order valence-corrected chi connectivity index (χ4v) is 1.64. The van der Waals surface area contributed by atoms with Crippen molar-refractivity contribution >= 4 is 17.7 Å². The van der Waals surface area contributed by atoms with Crippen molar-refractivity contribution in [3.63, 3.8) is 0 Å². The molecule has 0 radical (unpaired) electrons. The van der Waals surface area contributed by atoms with Gasteiger partial charge in [0, 0.05) is 17.6 Å². The molecule has 0 aromatic heterocycles. The van der Waals surface area contributed by atoms with Crippen molar-refractivity contribution < 1.29 is 20.1 Å². The van der Waals surface area contributed by atoms with E-state index in [0.717, 1.165) is 0 Å². The zero-order valence-electron chi connectivity index (χ0n) is 7.86. The van der Waals surface area contributed by atoms with Crippen LogP contribution in [0.5, 0.6) is 0 Å². The van der Waals surface area contributed by atoms with Crippen LogP contribution >= 0.6 is 11.8 Å². The quantitative estimate of drug-likeness (QED) is 0.586. The van der Waals surface area contributed by atoms with Crippen LogP contribution in [-0.4, -0.2) is 44.5 Å². The lowest BCUT2D eigenvalue weighted by Gasteiger charge is -2.19. The minimum atomic E-state index is -1.67. The second-order valence-corrected chi connectivity index (χ2v) is 4.64. The number of aliphatic carboxylic acids is 1. The van der Waals surface area contributed by atoms with Crippen LogP contribution in [0.25, 0.3) is 0 Å². The van der Waals surface area contributed by atoms with E-state index in [1.54, 1.807) is 0 Å². The monoisotopic (exact) mass is 208 g/mol. The number of aliphatic hydroxyl groups is 2. The smallest absolute Gasteiger partial charge is 0.336 e. The lowest BCUT2D eigenvalue weighted by molar-refractivity contribution is -0.154. The molecule has 0 spiro atoms. The third-order valence-corrected chi connectivity index (χ3v) is 3.18. The lowest BCUT2D eigenvalue weighted by Crippen LogP contribution is -2.38. The molecular formula is C8H16O4S. The Bertz CT molecular complexity index is 170. The SMILES string of the molecule is CC(CCO)SCC(C)(O)C(=O)O. The van der Waals surface area contributed by atoms with E-state index >= 15 is 0 Å². The van der Waals surface area contributed by atoms with E-state index in [1.165, 1.54) is 18.7 Å². The highest BCUT2D eigenvalue weighted by atomic mass is 32.2. The van der Waals surface area contributed by atoms with Gasteiger partial charge in [0.1, 0.15) is 0 Å². The van der Waals surface area contributed by atoms with E-state index in [2.05, 4.69) is 0 Å². The number of hydrogen-bond donors (Lipinski definition) is 3. The fraction of sp³-hybridized carbons (Fsp3) is 0.875. The van der Waals surface area contributed by atoms with E-state index < -0.39 is 11.6 Å². The van der Waals surface area contributed by atoms with E-state index in [4.69, 9.17) is 10.2 Å². The molecule has 0 aromatic carbocycles. The van der Waals surface area contributed by atoms with Gasteiger partial charge in [0.05, 0.1) is 0 Å². The number of carboxylic acids is 1. The van der Waals surface area contributed by atoms with Gasteiger partial charge in [-0.25, -0.2) is 4.79 Å². The molecule has 13 heavy (non-hydrogen) atoms. The molecule has 0 aliphatic heterocycles. The van der Waals surface area contributed by atoms with Crippen molar-refractivity contribution in [2.75, 3.05) is 12.4 Å². The van der Waals surface area contributed by atoms with E-state index in [-0.39, 0.29) is 17.6 Å². The van der Waals surface area contributed by atoms with Gasteiger partial charge < -0.3 is 15.3 Å². The first-order valence-corrected chi connectivity index (χ1v) is 5.13. The Hall–Kier alpha value is -0.260. The molecular weight excluding hydrogens is 192 g/mol. The minimum Gasteiger partial charge on any atom is -0.479 e. The number of hydrogen-bond acceptors (Lipinski definition) is 4. The Kier molecular flexibility index (Phi) is 5.36. The molecule has 3 N–H and O–H groups in total. The summed E-state index contributed by atoms with van der Waals surface area (Å²) in [6.07, 6.45) is 0.611. The second kappa shape index (κ2) is 5.47. The Morgan fingerprint density at radius 3 is 2.54 bits per heavy atom. The molecule has 0 amide bonds. The first-order valence-electron chi connectivity index (χ1n) is 4.08. The Balaban J connectivity index is 3.80. The predicted octanol–water partition coefficient (Wildman–Crippen LogP) is 0.326. The molecule has 0 fully saturated rings. The summed E-state index contributed by atoms with van der Waals surface area (Å²) in [4.78, 5) is 10.5. The first kappa shape index (κ1) is 12.7. The second-order valence-electron chi connectivity index (χ2n) is 3.21. The van der Waals surface area contributed by atoms with E-state index in [0.29, 0.717) is 6.42 Å². The Labute approximate surface area is 82.0 Å². The standard InChI is InChI=1S/C8H16O4S/c1-6(3-4-9)13-5-8(2,12)7(10)11/h6,9,12H,3-5H2,1-2H3,(H,10,11). The lowest BCUT2D eigenvalue weighted by atomic mass is 10.1. The molecule has 0 heterocycles. The Morgan fingerprint density at radius 2 is 2.15 bits per heavy atom. The summed E-state index contributed by atoms with van der Waals surface area (Å²) in [5.41, 5.74) is -1.67. The molecule has 4 nitrogen and oxygen atoms in total. The van der Waals surface area contributed by atoms with Gasteiger partial charge >= 0.3 is 5.97 Å². The molecule has 0 saturated heterocycles. The highest BCUT2D eigenvalue weighted by molar-refractivity contribution is 7.99. The molecule has 78 valence electrons. The largest absolute Gasteiger partial charge is 0.479 e. The highest BCUT2D eigenvalue weighted by Crippen LogP contribution is 2.19. The summed E-state index contributed by atoms with van der Waals surface area (Å²) < 4.78 is 0. The van der Waals surface area contributed by atoms with Gasteiger partial charge in [0.2, 0.25) is 0 Å². The van der Waals surface area contributed by atoms with Gasteiger partial charge in [0.15, 0.2) is 5.60 Å². The van der Waals surface area contributed by atoms with Crippen molar-refractivity contribution in [3.8, 4) is 0 Å². The third kappa shape index (κ3) is 5.13. The Morgan fingerprint density at radius 1 is 1.62 bits per heavy atom. The molecule has 0 aliphatic carbocycles. The molecule has 2 atom stereocenters. The van der Waals surface area contributed by atoms with Crippen LogP contribution in [0, 0.1) is 0 Å². The average Bonchev–Trinajstić information content (AvgIpc) is 2.01. The van der Waals surface area contributed by atoms with Crippen LogP contribution in [0.3, 0.4) is 0 Å². The summed E-state index contributed by atoms with van der Waals surface area (Å²) in [5.74, 6) is -1.07. The van der Waals surface area contributed by atoms with Crippen LogP contribution in [-0.2, 0) is 4.79 Å². The van der Waals surface area contributed by atoms with Crippen molar-refractivity contribution in [3.05, 3.63) is 0 Å². The van der Waals surface area contributed by atoms with E-state index in [9.17, 15) is 9.90 Å².